The molecule has 11 aromatic heterocycles. The Morgan fingerprint density at radius 1 is 0.328 bits per heavy atom. The van der Waals surface area contributed by atoms with Gasteiger partial charge in [-0.15, -0.1) is 18.7 Å². The minimum atomic E-state index is -4.43. The Kier molecular flexibility index (Phi) is 21.1. The van der Waals surface area contributed by atoms with Crippen LogP contribution in [-0.4, -0.2) is 72.6 Å². The number of imidazole rings is 2. The molecule has 0 unspecified atom stereocenters. The number of aromatic nitrogens is 23. The summed E-state index contributed by atoms with van der Waals surface area (Å²) in [5.41, 5.74) is 22.0. The predicted molar refractivity (Wildman–Crippen MR) is 480 cm³/mol. The molecule has 11 heterocycles. The van der Waals surface area contributed by atoms with E-state index in [1.54, 1.807) is 54.8 Å². The summed E-state index contributed by atoms with van der Waals surface area (Å²) in [7, 11) is 7.18. The lowest BCUT2D eigenvalue weighted by Gasteiger charge is -2.09. The van der Waals surface area contributed by atoms with Crippen LogP contribution in [0.15, 0.2) is 349 Å². The molecule has 0 N–H and O–H groups in total. The SMILES string of the molecule is Cc1cccc(C)c1-c1n[n+](-c2ccccc2)cn1-c1cccc(-n2c[n+](-c3ccccc3)nc2-c2c(C)cccc2C)c1.Cc1nc(C)c(-[n+]2cnn(C)c2)cc1-[n+]1cnn(C)c1.Cn1c[n+](-c2cc(-[n+]3cnn(C)c3)cc(C(F)(F)F)c2)cn1.[C-]#[N+]c1cc(-n2cc3c4ccccc4c4ccccc4[n+]3c2)cc(-n2cc3c4ccccc4c4ccccc4[n+]3c2)c1. The summed E-state index contributed by atoms with van der Waals surface area (Å²) >= 11 is 0. The van der Waals surface area contributed by atoms with Crippen molar-refractivity contribution in [3.63, 3.8) is 0 Å². The highest BCUT2D eigenvalue weighted by Gasteiger charge is 2.34. The summed E-state index contributed by atoms with van der Waals surface area (Å²) in [4.78, 5) is 8.49. The van der Waals surface area contributed by atoms with Gasteiger partial charge in [0.1, 0.15) is 68.9 Å². The summed E-state index contributed by atoms with van der Waals surface area (Å²) in [6.07, 6.45) is 21.8. The molecule has 0 aliphatic heterocycles. The maximum atomic E-state index is 13.1. The van der Waals surface area contributed by atoms with E-state index in [4.69, 9.17) is 16.8 Å². The van der Waals surface area contributed by atoms with Gasteiger partial charge in [-0.2, -0.15) is 31.1 Å². The number of fused-ring (bicyclic) bond motifs is 12. The van der Waals surface area contributed by atoms with Crippen LogP contribution < -0.4 is 36.4 Å². The van der Waals surface area contributed by atoms with Crippen molar-refractivity contribution in [2.75, 3.05) is 0 Å². The van der Waals surface area contributed by atoms with Crippen LogP contribution in [0.25, 0.3) is 139 Å². The fourth-order valence-electron chi connectivity index (χ4n) is 16.8. The van der Waals surface area contributed by atoms with Gasteiger partial charge in [-0.1, -0.05) is 161 Å². The number of rotatable bonds is 12. The second-order valence-corrected chi connectivity index (χ2v) is 31.7. The van der Waals surface area contributed by atoms with Gasteiger partial charge in [-0.3, -0.25) is 4.98 Å². The first kappa shape index (κ1) is 80.8. The summed E-state index contributed by atoms with van der Waals surface area (Å²) in [5, 5.41) is 33.9. The van der Waals surface area contributed by atoms with Crippen molar-refractivity contribution in [3.8, 4) is 79.6 Å². The van der Waals surface area contributed by atoms with Crippen LogP contribution in [0.2, 0.25) is 0 Å². The Morgan fingerprint density at radius 2 is 0.680 bits per heavy atom. The van der Waals surface area contributed by atoms with E-state index in [-0.39, 0.29) is 0 Å². The van der Waals surface area contributed by atoms with E-state index in [0.29, 0.717) is 17.1 Å². The van der Waals surface area contributed by atoms with Crippen LogP contribution in [0.1, 0.15) is 39.2 Å². The summed E-state index contributed by atoms with van der Waals surface area (Å²) in [6, 6.07) is 88.0. The van der Waals surface area contributed by atoms with Gasteiger partial charge in [0.05, 0.1) is 62.8 Å². The topological polar surface area (TPSA) is 166 Å². The largest absolute Gasteiger partial charge is 0.416 e. The highest BCUT2D eigenvalue weighted by molar-refractivity contribution is 6.10. The highest BCUT2D eigenvalue weighted by Crippen LogP contribution is 2.36. The lowest BCUT2D eigenvalue weighted by Crippen LogP contribution is -2.34. The first-order chi connectivity index (χ1) is 62.1. The average Bonchev–Trinajstić information content (AvgIpc) is 1.66. The molecule has 0 fully saturated rings. The summed E-state index contributed by atoms with van der Waals surface area (Å²) in [5.74, 6) is 1.78. The molecule has 0 saturated carbocycles. The molecule has 0 atom stereocenters. The van der Waals surface area contributed by atoms with Gasteiger partial charge in [0.2, 0.25) is 25.3 Å². The van der Waals surface area contributed by atoms with Crippen LogP contribution in [0, 0.1) is 48.1 Å². The molecule has 0 aliphatic carbocycles. The molecule has 0 bridgehead atoms. The minimum absolute atomic E-state index is 0.370. The number of benzene rings is 11. The van der Waals surface area contributed by atoms with Gasteiger partial charge < -0.3 is 0 Å². The lowest BCUT2D eigenvalue weighted by atomic mass is 10.0. The third-order valence-corrected chi connectivity index (χ3v) is 22.9. The molecular weight excluding hydrogens is 1610 g/mol. The Hall–Kier alpha value is -16.9. The zero-order valence-electron chi connectivity index (χ0n) is 71.8. The third-order valence-electron chi connectivity index (χ3n) is 22.9. The van der Waals surface area contributed by atoms with Gasteiger partial charge in [-0.25, -0.2) is 32.2 Å². The first-order valence-corrected chi connectivity index (χ1v) is 41.5. The molecule has 22 aromatic rings. The third kappa shape index (κ3) is 15.7. The van der Waals surface area contributed by atoms with Crippen molar-refractivity contribution < 1.29 is 49.6 Å². The number of aryl methyl sites for hydroxylation is 10. The van der Waals surface area contributed by atoms with Crippen molar-refractivity contribution in [1.82, 2.24) is 72.6 Å². The molecule has 0 aliphatic rings. The van der Waals surface area contributed by atoms with E-state index < -0.39 is 11.7 Å². The molecule has 0 saturated heterocycles. The second-order valence-electron chi connectivity index (χ2n) is 31.7. The molecule has 24 nitrogen and oxygen atoms in total. The van der Waals surface area contributed by atoms with Crippen LogP contribution in [0.3, 0.4) is 0 Å². The standard InChI is InChI=1S/C38H34N6.C37H23N5.C13H13F3N6.C13H17N7/c1-27-14-11-15-28(2)35(27)37-39-43(31-18-7-5-8-19-31)25-41(37)33-22-13-23-34(24-33)42-26-44(32-20-9-6-10-21-32)40-38(42)36-29(3)16-12-17-30(36)4;1-38-25-18-26(39-21-36-32-14-4-2-10-28(32)30-12-6-8-16-34(30)41(36)23-39)20-27(19-25)40-22-37-33-15-5-3-11-29(33)31-13-7-9-17-35(31)42(37)24-40;1-19-8-21(6-17-19)11-3-10(13(14,15)16)4-12(5-11)22-7-18-20(2)9-22;1-10-12(19-6-14-17(3)8-19)5-13(11(2)16-10)20-7-15-18(4)9-20/h5-26H,1-4H3;2-24H;3-9H,1-2H3;5-9H,1-4H3/q4*+2. The van der Waals surface area contributed by atoms with Crippen LogP contribution >= 0.6 is 0 Å². The zero-order valence-corrected chi connectivity index (χ0v) is 71.8. The predicted octanol–water partition coefficient (Wildman–Crippen LogP) is 15.5. The Bertz CT molecular complexity index is 7430. The van der Waals surface area contributed by atoms with Gasteiger partial charge in [0, 0.05) is 66.2 Å². The molecule has 0 radical (unpaired) electrons. The fourth-order valence-corrected chi connectivity index (χ4v) is 16.8. The maximum absolute atomic E-state index is 13.1. The van der Waals surface area contributed by atoms with Crippen molar-refractivity contribution >= 4 is 60.1 Å². The van der Waals surface area contributed by atoms with Crippen LogP contribution in [0.4, 0.5) is 18.9 Å². The molecule has 27 heteroatoms. The number of hydrogen-bond acceptors (Lipinski definition) is 7. The average molecular weight is 1690 g/mol. The van der Waals surface area contributed by atoms with Crippen molar-refractivity contribution in [2.24, 2.45) is 28.2 Å². The number of nitrogens with zero attached hydrogens (tertiary/aromatic N) is 24. The smallest absolute Gasteiger partial charge is 0.251 e. The van der Waals surface area contributed by atoms with Gasteiger partial charge >= 0.3 is 6.18 Å². The van der Waals surface area contributed by atoms with E-state index >= 15 is 0 Å². The van der Waals surface area contributed by atoms with E-state index in [0.717, 1.165) is 114 Å². The Morgan fingerprint density at radius 3 is 1.05 bits per heavy atom. The van der Waals surface area contributed by atoms with Gasteiger partial charge in [-0.05, 0) is 170 Å². The lowest BCUT2D eigenvalue weighted by molar-refractivity contribution is -0.656. The van der Waals surface area contributed by atoms with Crippen molar-refractivity contribution in [1.29, 1.82) is 0 Å². The number of hydrogen-bond donors (Lipinski definition) is 0. The quantitative estimate of drug-likeness (QED) is 0.0667. The van der Waals surface area contributed by atoms with Crippen LogP contribution in [0.5, 0.6) is 0 Å². The van der Waals surface area contributed by atoms with Crippen LogP contribution in [-0.2, 0) is 34.4 Å². The molecule has 0 amide bonds. The van der Waals surface area contributed by atoms with Crippen molar-refractivity contribution in [2.45, 2.75) is 47.7 Å². The number of halogens is 3. The van der Waals surface area contributed by atoms with Gasteiger partial charge in [0.15, 0.2) is 28.1 Å². The van der Waals surface area contributed by atoms with E-state index in [1.807, 2.05) is 108 Å². The molecule has 22 rings (SSSR count). The first-order valence-electron chi connectivity index (χ1n) is 41.5. The minimum Gasteiger partial charge on any atom is -0.251 e. The maximum Gasteiger partial charge on any atom is 0.416 e. The van der Waals surface area contributed by atoms with Gasteiger partial charge in [0.25, 0.3) is 62.3 Å². The fraction of sp³-hybridized carbons (Fsp3) is 0.109. The highest BCUT2D eigenvalue weighted by atomic mass is 19.4. The van der Waals surface area contributed by atoms with E-state index in [1.165, 1.54) is 85.7 Å². The molecular formula is C101H87F3N24+8. The normalized spacial score (nSPS) is 11.5. The van der Waals surface area contributed by atoms with E-state index in [2.05, 4.69) is 317 Å². The molecule has 624 valence electrons. The van der Waals surface area contributed by atoms with Crippen molar-refractivity contribution in [3.05, 3.63) is 400 Å². The summed E-state index contributed by atoms with van der Waals surface area (Å²) < 4.78 is 69.9. The Labute approximate surface area is 733 Å². The molecule has 11 aromatic carbocycles. The molecule has 0 spiro atoms. The molecule has 128 heavy (non-hydrogen) atoms. The number of para-hydroxylation sites is 4. The monoisotopic (exact) mass is 1690 g/mol. The number of alkyl halides is 3. The second kappa shape index (κ2) is 33.4. The zero-order chi connectivity index (χ0) is 88.2. The van der Waals surface area contributed by atoms with E-state index in [9.17, 15) is 13.2 Å². The Balaban J connectivity index is 0.000000117. The number of pyridine rings is 3. The summed E-state index contributed by atoms with van der Waals surface area (Å²) in [6.45, 7) is 20.5.